The quantitative estimate of drug-likeness (QED) is 0.820. The van der Waals surface area contributed by atoms with Crippen molar-refractivity contribution in [2.75, 3.05) is 20.0 Å². The zero-order valence-corrected chi connectivity index (χ0v) is 11.0. The van der Waals surface area contributed by atoms with Crippen molar-refractivity contribution in [3.63, 3.8) is 0 Å². The van der Waals surface area contributed by atoms with Gasteiger partial charge >= 0.3 is 0 Å². The second-order valence-electron chi connectivity index (χ2n) is 3.96. The van der Waals surface area contributed by atoms with Crippen LogP contribution in [-0.4, -0.2) is 29.3 Å². The number of nitrogens with two attached hydrogens (primary N) is 1. The molecular formula is C13H14FN3O3. The number of hydrogen-bond acceptors (Lipinski definition) is 6. The van der Waals surface area contributed by atoms with Crippen molar-refractivity contribution >= 4 is 5.69 Å². The maximum absolute atomic E-state index is 13.4. The number of aliphatic hydroxyl groups is 1. The molecule has 0 fully saturated rings. The first kappa shape index (κ1) is 14.0. The predicted octanol–water partition coefficient (Wildman–Crippen LogP) is 1.30. The van der Waals surface area contributed by atoms with E-state index in [-0.39, 0.29) is 28.8 Å². The molecule has 0 amide bonds. The summed E-state index contributed by atoms with van der Waals surface area (Å²) in [5.41, 5.74) is 5.64. The number of rotatable bonds is 4. The number of benzene rings is 1. The lowest BCUT2D eigenvalue weighted by atomic mass is 10.1. The van der Waals surface area contributed by atoms with E-state index in [1.165, 1.54) is 38.5 Å². The SMILES string of the molecule is COc1cc(OC)nc(C(O)c2cccc(F)c2N)n1. The molecule has 0 bridgehead atoms. The van der Waals surface area contributed by atoms with Gasteiger partial charge in [-0.2, -0.15) is 9.97 Å². The van der Waals surface area contributed by atoms with Crippen LogP contribution in [0.25, 0.3) is 0 Å². The number of nitrogen functional groups attached to an aromatic ring is 1. The van der Waals surface area contributed by atoms with Gasteiger partial charge in [0.1, 0.15) is 11.9 Å². The predicted molar refractivity (Wildman–Crippen MR) is 70.0 cm³/mol. The van der Waals surface area contributed by atoms with E-state index >= 15 is 0 Å². The van der Waals surface area contributed by atoms with Crippen LogP contribution in [0.1, 0.15) is 17.5 Å². The first-order valence-corrected chi connectivity index (χ1v) is 5.75. The molecule has 6 nitrogen and oxygen atoms in total. The fourth-order valence-corrected chi connectivity index (χ4v) is 1.68. The minimum absolute atomic E-state index is 0.0125. The standard InChI is InChI=1S/C13H14FN3O3/c1-19-9-6-10(20-2)17-13(16-9)12(18)7-4-3-5-8(14)11(7)15/h3-6,12,18H,15H2,1-2H3. The lowest BCUT2D eigenvalue weighted by molar-refractivity contribution is 0.206. The van der Waals surface area contributed by atoms with Crippen LogP contribution in [0.4, 0.5) is 10.1 Å². The molecule has 0 aliphatic rings. The molecular weight excluding hydrogens is 265 g/mol. The number of aromatic nitrogens is 2. The largest absolute Gasteiger partial charge is 0.481 e. The van der Waals surface area contributed by atoms with Gasteiger partial charge in [0.15, 0.2) is 5.82 Å². The second-order valence-corrected chi connectivity index (χ2v) is 3.96. The summed E-state index contributed by atoms with van der Waals surface area (Å²) < 4.78 is 23.4. The van der Waals surface area contributed by atoms with Gasteiger partial charge < -0.3 is 20.3 Å². The molecule has 1 aromatic carbocycles. The van der Waals surface area contributed by atoms with Gasteiger partial charge in [0.2, 0.25) is 11.8 Å². The highest BCUT2D eigenvalue weighted by atomic mass is 19.1. The summed E-state index contributed by atoms with van der Waals surface area (Å²) >= 11 is 0. The first-order chi connectivity index (χ1) is 9.56. The molecule has 20 heavy (non-hydrogen) atoms. The van der Waals surface area contributed by atoms with E-state index in [1.54, 1.807) is 0 Å². The van der Waals surface area contributed by atoms with Crippen LogP contribution in [0.3, 0.4) is 0 Å². The number of nitrogens with zero attached hydrogens (tertiary/aromatic N) is 2. The Hall–Kier alpha value is -2.41. The number of para-hydroxylation sites is 1. The third-order valence-electron chi connectivity index (χ3n) is 2.74. The number of halogens is 1. The third-order valence-corrected chi connectivity index (χ3v) is 2.74. The molecule has 106 valence electrons. The second kappa shape index (κ2) is 5.70. The number of anilines is 1. The van der Waals surface area contributed by atoms with Crippen molar-refractivity contribution in [2.24, 2.45) is 0 Å². The van der Waals surface area contributed by atoms with E-state index in [0.717, 1.165) is 0 Å². The monoisotopic (exact) mass is 279 g/mol. The summed E-state index contributed by atoms with van der Waals surface area (Å²) in [5.74, 6) is -0.156. The van der Waals surface area contributed by atoms with Crippen LogP contribution in [0.5, 0.6) is 11.8 Å². The molecule has 0 aliphatic heterocycles. The smallest absolute Gasteiger partial charge is 0.220 e. The summed E-state index contributed by atoms with van der Waals surface area (Å²) in [7, 11) is 2.85. The molecule has 0 spiro atoms. The molecule has 1 heterocycles. The Morgan fingerprint density at radius 3 is 2.35 bits per heavy atom. The van der Waals surface area contributed by atoms with Crippen LogP contribution in [0, 0.1) is 5.82 Å². The van der Waals surface area contributed by atoms with E-state index in [9.17, 15) is 9.50 Å². The molecule has 0 radical (unpaired) electrons. The average molecular weight is 279 g/mol. The molecule has 0 saturated carbocycles. The third kappa shape index (κ3) is 2.62. The summed E-state index contributed by atoms with van der Waals surface area (Å²) in [5, 5.41) is 10.3. The van der Waals surface area contributed by atoms with Gasteiger partial charge in [0.25, 0.3) is 0 Å². The number of hydrogen-bond donors (Lipinski definition) is 2. The number of methoxy groups -OCH3 is 2. The fourth-order valence-electron chi connectivity index (χ4n) is 1.68. The van der Waals surface area contributed by atoms with Crippen LogP contribution in [-0.2, 0) is 0 Å². The van der Waals surface area contributed by atoms with Crippen LogP contribution < -0.4 is 15.2 Å². The van der Waals surface area contributed by atoms with Crippen molar-refractivity contribution < 1.29 is 19.0 Å². The lowest BCUT2D eigenvalue weighted by Crippen LogP contribution is -2.10. The van der Waals surface area contributed by atoms with Gasteiger partial charge in [-0.25, -0.2) is 4.39 Å². The molecule has 0 saturated heterocycles. The molecule has 0 aliphatic carbocycles. The van der Waals surface area contributed by atoms with Gasteiger partial charge in [-0.15, -0.1) is 0 Å². The first-order valence-electron chi connectivity index (χ1n) is 5.75. The topological polar surface area (TPSA) is 90.5 Å². The Morgan fingerprint density at radius 2 is 1.80 bits per heavy atom. The average Bonchev–Trinajstić information content (AvgIpc) is 2.48. The highest BCUT2D eigenvalue weighted by Crippen LogP contribution is 2.28. The van der Waals surface area contributed by atoms with E-state index in [4.69, 9.17) is 15.2 Å². The van der Waals surface area contributed by atoms with Crippen molar-refractivity contribution in [2.45, 2.75) is 6.10 Å². The minimum atomic E-state index is -1.28. The zero-order chi connectivity index (χ0) is 14.7. The maximum atomic E-state index is 13.4. The Balaban J connectivity index is 2.47. The summed E-state index contributed by atoms with van der Waals surface area (Å²) in [6.07, 6.45) is -1.28. The summed E-state index contributed by atoms with van der Waals surface area (Å²) in [6, 6.07) is 5.61. The van der Waals surface area contributed by atoms with Crippen molar-refractivity contribution in [1.29, 1.82) is 0 Å². The van der Waals surface area contributed by atoms with Crippen molar-refractivity contribution in [3.05, 3.63) is 41.5 Å². The maximum Gasteiger partial charge on any atom is 0.220 e. The Kier molecular flexibility index (Phi) is 3.99. The lowest BCUT2D eigenvalue weighted by Gasteiger charge is -2.14. The van der Waals surface area contributed by atoms with E-state index in [1.807, 2.05) is 0 Å². The van der Waals surface area contributed by atoms with Gasteiger partial charge in [-0.3, -0.25) is 0 Å². The summed E-state index contributed by atoms with van der Waals surface area (Å²) in [4.78, 5) is 8.01. The van der Waals surface area contributed by atoms with Gasteiger partial charge in [0, 0.05) is 5.56 Å². The molecule has 3 N–H and O–H groups in total. The van der Waals surface area contributed by atoms with Gasteiger partial charge in [0.05, 0.1) is 26.0 Å². The molecule has 1 aromatic heterocycles. The Labute approximate surface area is 115 Å². The summed E-state index contributed by atoms with van der Waals surface area (Å²) in [6.45, 7) is 0. The molecule has 1 atom stereocenters. The number of aliphatic hydroxyl groups excluding tert-OH is 1. The fraction of sp³-hybridized carbons (Fsp3) is 0.231. The normalized spacial score (nSPS) is 12.0. The van der Waals surface area contributed by atoms with Crippen LogP contribution in [0.15, 0.2) is 24.3 Å². The van der Waals surface area contributed by atoms with E-state index in [0.29, 0.717) is 0 Å². The molecule has 7 heteroatoms. The molecule has 2 aromatic rings. The zero-order valence-electron chi connectivity index (χ0n) is 11.0. The highest BCUT2D eigenvalue weighted by molar-refractivity contribution is 5.50. The molecule has 2 rings (SSSR count). The van der Waals surface area contributed by atoms with E-state index < -0.39 is 11.9 Å². The number of ether oxygens (including phenoxy) is 2. The Morgan fingerprint density at radius 1 is 1.20 bits per heavy atom. The van der Waals surface area contributed by atoms with Gasteiger partial charge in [-0.1, -0.05) is 12.1 Å². The van der Waals surface area contributed by atoms with Gasteiger partial charge in [-0.05, 0) is 6.07 Å². The van der Waals surface area contributed by atoms with Crippen molar-refractivity contribution in [1.82, 2.24) is 9.97 Å². The Bertz CT molecular complexity index is 600. The van der Waals surface area contributed by atoms with E-state index in [2.05, 4.69) is 9.97 Å². The van der Waals surface area contributed by atoms with Crippen LogP contribution >= 0.6 is 0 Å². The van der Waals surface area contributed by atoms with Crippen molar-refractivity contribution in [3.8, 4) is 11.8 Å². The minimum Gasteiger partial charge on any atom is -0.481 e. The van der Waals surface area contributed by atoms with Crippen LogP contribution in [0.2, 0.25) is 0 Å². The highest BCUT2D eigenvalue weighted by Gasteiger charge is 2.20. The molecule has 1 unspecified atom stereocenters.